The second-order valence-corrected chi connectivity index (χ2v) is 6.29. The Kier molecular flexibility index (Phi) is 10.2. The van der Waals surface area contributed by atoms with Crippen LogP contribution in [0.2, 0.25) is 0 Å². The third-order valence-electron chi connectivity index (χ3n) is 3.51. The highest BCUT2D eigenvalue weighted by atomic mass is 16.4. The van der Waals surface area contributed by atoms with E-state index in [0.29, 0.717) is 0 Å². The van der Waals surface area contributed by atoms with E-state index in [4.69, 9.17) is 22.3 Å². The van der Waals surface area contributed by atoms with E-state index in [1.54, 1.807) is 13.8 Å². The molecule has 0 radical (unpaired) electrons. The van der Waals surface area contributed by atoms with Crippen LogP contribution in [0.1, 0.15) is 26.7 Å². The van der Waals surface area contributed by atoms with Crippen LogP contribution in [0.3, 0.4) is 0 Å². The lowest BCUT2D eigenvalue weighted by molar-refractivity contribution is -0.144. The average Bonchev–Trinajstić information content (AvgIpc) is 2.56. The number of rotatable bonds is 12. The molecule has 0 aromatic heterocycles. The minimum Gasteiger partial charge on any atom is -0.480 e. The van der Waals surface area contributed by atoms with Crippen LogP contribution in [0.15, 0.2) is 0 Å². The molecule has 0 spiro atoms. The number of hydrogen-bond donors (Lipinski definition) is 7. The van der Waals surface area contributed by atoms with Crippen LogP contribution in [-0.2, 0) is 28.8 Å². The summed E-state index contributed by atoms with van der Waals surface area (Å²) in [5, 5.41) is 15.7. The normalized spacial score (nSPS) is 13.7. The molecule has 0 fully saturated rings. The molecule has 158 valence electrons. The zero-order valence-corrected chi connectivity index (χ0v) is 15.6. The molecule has 0 aromatic rings. The smallest absolute Gasteiger partial charge is 0.326 e. The van der Waals surface area contributed by atoms with Gasteiger partial charge in [0.1, 0.15) is 18.1 Å². The number of carbonyl (C=O) groups excluding carboxylic acids is 5. The van der Waals surface area contributed by atoms with Gasteiger partial charge in [-0.25, -0.2) is 4.79 Å². The summed E-state index contributed by atoms with van der Waals surface area (Å²) in [5.41, 5.74) is 15.2. The molecule has 0 bridgehead atoms. The molecular weight excluding hydrogens is 376 g/mol. The minimum absolute atomic E-state index is 0.440. The maximum Gasteiger partial charge on any atom is 0.326 e. The van der Waals surface area contributed by atoms with Crippen molar-refractivity contribution in [1.29, 1.82) is 0 Å². The second kappa shape index (κ2) is 11.5. The number of amides is 5. The molecule has 28 heavy (non-hydrogen) atoms. The fourth-order valence-corrected chi connectivity index (χ4v) is 2.12. The molecule has 0 aliphatic heterocycles. The van der Waals surface area contributed by atoms with Gasteiger partial charge in [-0.15, -0.1) is 0 Å². The lowest BCUT2D eigenvalue weighted by Crippen LogP contribution is -2.58. The first kappa shape index (κ1) is 24.8. The summed E-state index contributed by atoms with van der Waals surface area (Å²) >= 11 is 0. The predicted molar refractivity (Wildman–Crippen MR) is 94.9 cm³/mol. The fourth-order valence-electron chi connectivity index (χ4n) is 2.12. The van der Waals surface area contributed by atoms with Crippen molar-refractivity contribution >= 4 is 35.5 Å². The predicted octanol–water partition coefficient (Wildman–Crippen LogP) is -4.11. The topological polar surface area (TPSA) is 237 Å². The van der Waals surface area contributed by atoms with Crippen LogP contribution in [0, 0.1) is 5.92 Å². The highest BCUT2D eigenvalue weighted by Crippen LogP contribution is 2.05. The van der Waals surface area contributed by atoms with Gasteiger partial charge in [0.15, 0.2) is 0 Å². The minimum atomic E-state index is -1.58. The first-order chi connectivity index (χ1) is 12.9. The lowest BCUT2D eigenvalue weighted by Gasteiger charge is -2.26. The van der Waals surface area contributed by atoms with Gasteiger partial charge in [0.25, 0.3) is 0 Å². The summed E-state index contributed by atoms with van der Waals surface area (Å²) in [7, 11) is 0. The van der Waals surface area contributed by atoms with E-state index in [9.17, 15) is 28.8 Å². The highest BCUT2D eigenvalue weighted by molar-refractivity contribution is 5.96. The first-order valence-corrected chi connectivity index (χ1v) is 8.28. The molecule has 0 heterocycles. The number of carboxylic acids is 1. The van der Waals surface area contributed by atoms with Crippen molar-refractivity contribution in [2.45, 2.75) is 44.8 Å². The SMILES string of the molecule is CC(C)C(NC(=O)C(CC(N)=O)NC(=O)CN)C(=O)NC(CC(N)=O)C(=O)O. The Morgan fingerprint density at radius 2 is 1.32 bits per heavy atom. The average molecular weight is 402 g/mol. The van der Waals surface area contributed by atoms with Gasteiger partial charge >= 0.3 is 5.97 Å². The van der Waals surface area contributed by atoms with Crippen LogP contribution < -0.4 is 33.2 Å². The molecule has 0 aliphatic carbocycles. The number of nitrogens with two attached hydrogens (primary N) is 3. The molecule has 0 rings (SSSR count). The summed E-state index contributed by atoms with van der Waals surface area (Å²) < 4.78 is 0. The molecule has 3 unspecified atom stereocenters. The van der Waals surface area contributed by atoms with Crippen molar-refractivity contribution in [3.05, 3.63) is 0 Å². The Morgan fingerprint density at radius 3 is 1.71 bits per heavy atom. The molecule has 3 atom stereocenters. The van der Waals surface area contributed by atoms with Gasteiger partial charge in [0.2, 0.25) is 29.5 Å². The van der Waals surface area contributed by atoms with Crippen LogP contribution >= 0.6 is 0 Å². The number of aliphatic carboxylic acids is 1. The van der Waals surface area contributed by atoms with Crippen LogP contribution in [0.25, 0.3) is 0 Å². The molecule has 13 heteroatoms. The van der Waals surface area contributed by atoms with Crippen molar-refractivity contribution in [3.63, 3.8) is 0 Å². The number of hydrogen-bond acceptors (Lipinski definition) is 7. The maximum absolute atomic E-state index is 12.4. The third kappa shape index (κ3) is 8.93. The Morgan fingerprint density at radius 1 is 0.821 bits per heavy atom. The van der Waals surface area contributed by atoms with E-state index in [1.165, 1.54) is 0 Å². The fraction of sp³-hybridized carbons (Fsp3) is 0.600. The molecule has 0 saturated carbocycles. The Hall–Kier alpha value is -3.22. The molecule has 0 saturated heterocycles. The zero-order valence-electron chi connectivity index (χ0n) is 15.6. The van der Waals surface area contributed by atoms with Gasteiger partial charge in [-0.05, 0) is 5.92 Å². The van der Waals surface area contributed by atoms with Gasteiger partial charge in [-0.1, -0.05) is 13.8 Å². The summed E-state index contributed by atoms with van der Waals surface area (Å²) in [6.45, 7) is 2.69. The summed E-state index contributed by atoms with van der Waals surface area (Å²) in [5.74, 6) is -6.32. The number of primary amides is 2. The molecule has 10 N–H and O–H groups in total. The van der Waals surface area contributed by atoms with Crippen molar-refractivity contribution in [3.8, 4) is 0 Å². The first-order valence-electron chi connectivity index (χ1n) is 8.28. The molecule has 13 nitrogen and oxygen atoms in total. The number of carboxylic acid groups (broad SMARTS) is 1. The van der Waals surface area contributed by atoms with E-state index >= 15 is 0 Å². The summed E-state index contributed by atoms with van der Waals surface area (Å²) in [6, 6.07) is -4.18. The van der Waals surface area contributed by atoms with Crippen molar-refractivity contribution in [1.82, 2.24) is 16.0 Å². The summed E-state index contributed by atoms with van der Waals surface area (Å²) in [6.07, 6.45) is -1.18. The van der Waals surface area contributed by atoms with E-state index < -0.39 is 78.9 Å². The van der Waals surface area contributed by atoms with Gasteiger partial charge in [-0.2, -0.15) is 0 Å². The van der Waals surface area contributed by atoms with Crippen molar-refractivity contribution < 1.29 is 33.9 Å². The third-order valence-corrected chi connectivity index (χ3v) is 3.51. The molecule has 5 amide bonds. The van der Waals surface area contributed by atoms with Gasteiger partial charge < -0.3 is 38.3 Å². The Labute approximate surface area is 160 Å². The quantitative estimate of drug-likeness (QED) is 0.169. The van der Waals surface area contributed by atoms with Gasteiger partial charge in [0, 0.05) is 0 Å². The monoisotopic (exact) mass is 402 g/mol. The van der Waals surface area contributed by atoms with Crippen LogP contribution in [0.4, 0.5) is 0 Å². The van der Waals surface area contributed by atoms with Crippen LogP contribution in [0.5, 0.6) is 0 Å². The molecule has 0 aliphatic rings. The van der Waals surface area contributed by atoms with Crippen LogP contribution in [-0.4, -0.2) is 65.3 Å². The number of nitrogens with one attached hydrogen (secondary N) is 3. The molecular formula is C15H26N6O7. The van der Waals surface area contributed by atoms with Gasteiger partial charge in [0.05, 0.1) is 19.4 Å². The second-order valence-electron chi connectivity index (χ2n) is 6.29. The van der Waals surface area contributed by atoms with Crippen molar-refractivity contribution in [2.75, 3.05) is 6.54 Å². The summed E-state index contributed by atoms with van der Waals surface area (Å²) in [4.78, 5) is 69.5. The lowest BCUT2D eigenvalue weighted by atomic mass is 10.0. The highest BCUT2D eigenvalue weighted by Gasteiger charge is 2.32. The molecule has 0 aromatic carbocycles. The van der Waals surface area contributed by atoms with E-state index in [0.717, 1.165) is 0 Å². The Bertz CT molecular complexity index is 636. The standard InChI is InChI=1S/C15H26N6O7/c1-6(2)12(14(26)20-8(15(27)28)4-10(18)23)21-13(25)7(3-9(17)22)19-11(24)5-16/h6-8,12H,3-5,16H2,1-2H3,(H2,17,22)(H2,18,23)(H,19,24)(H,20,26)(H,21,25)(H,27,28). The van der Waals surface area contributed by atoms with E-state index in [1.807, 2.05) is 0 Å². The maximum atomic E-state index is 12.4. The zero-order chi connectivity index (χ0) is 22.0. The van der Waals surface area contributed by atoms with E-state index in [-0.39, 0.29) is 0 Å². The van der Waals surface area contributed by atoms with Crippen molar-refractivity contribution in [2.24, 2.45) is 23.1 Å². The Balaban J connectivity index is 5.33. The van der Waals surface area contributed by atoms with Gasteiger partial charge in [-0.3, -0.25) is 24.0 Å². The number of carbonyl (C=O) groups is 6. The largest absolute Gasteiger partial charge is 0.480 e. The van der Waals surface area contributed by atoms with E-state index in [2.05, 4.69) is 16.0 Å².